The Morgan fingerprint density at radius 2 is 1.74 bits per heavy atom. The molecule has 0 heterocycles. The van der Waals surface area contributed by atoms with Crippen LogP contribution in [-0.2, 0) is 14.9 Å². The van der Waals surface area contributed by atoms with E-state index in [2.05, 4.69) is 0 Å². The Labute approximate surface area is 131 Å². The molecule has 2 atom stereocenters. The number of benzene rings is 1. The summed E-state index contributed by atoms with van der Waals surface area (Å²) in [6, 6.07) is 0.655. The van der Waals surface area contributed by atoms with Gasteiger partial charge in [-0.3, -0.25) is 4.55 Å². The first-order valence-corrected chi connectivity index (χ1v) is 7.91. The molecule has 0 radical (unpaired) electrons. The molecule has 0 fully saturated rings. The zero-order valence-corrected chi connectivity index (χ0v) is 12.6. The lowest BCUT2D eigenvalue weighted by atomic mass is 10.1. The number of esters is 1. The van der Waals surface area contributed by atoms with Crippen molar-refractivity contribution in [2.75, 3.05) is 12.4 Å². The minimum absolute atomic E-state index is 0.251. The highest BCUT2D eigenvalue weighted by atomic mass is 32.2. The van der Waals surface area contributed by atoms with Gasteiger partial charge in [-0.2, -0.15) is 8.42 Å². The molecule has 0 bridgehead atoms. The number of ether oxygens (including phenoxy) is 1. The van der Waals surface area contributed by atoms with Crippen molar-refractivity contribution in [3.8, 4) is 17.2 Å². The van der Waals surface area contributed by atoms with Crippen molar-refractivity contribution in [2.24, 2.45) is 5.73 Å². The maximum absolute atomic E-state index is 11.7. The van der Waals surface area contributed by atoms with Gasteiger partial charge in [0.1, 0.15) is 6.61 Å². The van der Waals surface area contributed by atoms with Gasteiger partial charge in [-0.25, -0.2) is 4.79 Å². The maximum Gasteiger partial charge on any atom is 0.338 e. The Morgan fingerprint density at radius 1 is 1.22 bits per heavy atom. The van der Waals surface area contributed by atoms with Crippen LogP contribution in [-0.4, -0.2) is 63.9 Å². The lowest BCUT2D eigenvalue weighted by molar-refractivity contribution is 0.0226. The number of nitrogens with two attached hydrogens (primary N) is 1. The van der Waals surface area contributed by atoms with Crippen molar-refractivity contribution >= 4 is 16.1 Å². The first-order chi connectivity index (χ1) is 10.5. The van der Waals surface area contributed by atoms with E-state index < -0.39 is 57.8 Å². The lowest BCUT2D eigenvalue weighted by Gasteiger charge is -2.15. The summed E-state index contributed by atoms with van der Waals surface area (Å²) in [6.45, 7) is -0.527. The normalized spacial score (nSPS) is 14.2. The van der Waals surface area contributed by atoms with E-state index in [0.29, 0.717) is 0 Å². The van der Waals surface area contributed by atoms with Crippen molar-refractivity contribution in [2.45, 2.75) is 18.6 Å². The quantitative estimate of drug-likeness (QED) is 0.200. The number of hydrogen-bond donors (Lipinski definition) is 6. The summed E-state index contributed by atoms with van der Waals surface area (Å²) in [5, 5.41) is 37.3. The summed E-state index contributed by atoms with van der Waals surface area (Å²) in [5.74, 6) is -4.01. The van der Waals surface area contributed by atoms with Gasteiger partial charge in [0.05, 0.1) is 17.4 Å². The zero-order valence-electron chi connectivity index (χ0n) is 11.8. The van der Waals surface area contributed by atoms with Crippen molar-refractivity contribution in [3.05, 3.63) is 17.7 Å². The second kappa shape index (κ2) is 7.46. The van der Waals surface area contributed by atoms with Crippen LogP contribution in [0, 0.1) is 0 Å². The first-order valence-electron chi connectivity index (χ1n) is 6.30. The molecule has 0 saturated heterocycles. The van der Waals surface area contributed by atoms with Crippen LogP contribution in [0.1, 0.15) is 16.8 Å². The Kier molecular flexibility index (Phi) is 6.15. The smallest absolute Gasteiger partial charge is 0.338 e. The molecular formula is C12H17NO9S. The van der Waals surface area contributed by atoms with Crippen molar-refractivity contribution in [1.82, 2.24) is 0 Å². The van der Waals surface area contributed by atoms with Crippen LogP contribution in [0.15, 0.2) is 12.1 Å². The summed E-state index contributed by atoms with van der Waals surface area (Å²) in [7, 11) is -4.28. The van der Waals surface area contributed by atoms with Crippen molar-refractivity contribution in [1.29, 1.82) is 0 Å². The highest BCUT2D eigenvalue weighted by molar-refractivity contribution is 7.85. The fourth-order valence-corrected chi connectivity index (χ4v) is 2.41. The number of phenolic OH excluding ortho intramolecular Hbond substituents is 3. The van der Waals surface area contributed by atoms with E-state index in [0.717, 1.165) is 12.1 Å². The van der Waals surface area contributed by atoms with E-state index in [-0.39, 0.29) is 12.0 Å². The standard InChI is InChI=1S/C12H17NO9S/c13-7(5-23(19,20)21)3-8(14)4-22-12(18)6-1-9(15)11(17)10(16)2-6/h1-2,7-8,14-17H,3-5,13H2,(H,19,20,21). The van der Waals surface area contributed by atoms with Gasteiger partial charge in [-0.1, -0.05) is 0 Å². The number of aromatic hydroxyl groups is 3. The minimum Gasteiger partial charge on any atom is -0.504 e. The molecule has 7 N–H and O–H groups in total. The van der Waals surface area contributed by atoms with E-state index in [1.165, 1.54) is 0 Å². The molecule has 0 aliphatic heterocycles. The second-order valence-electron chi connectivity index (χ2n) is 4.86. The summed E-state index contributed by atoms with van der Waals surface area (Å²) in [5.41, 5.74) is 5.13. The average molecular weight is 351 g/mol. The van der Waals surface area contributed by atoms with E-state index in [1.807, 2.05) is 0 Å². The molecule has 0 aliphatic carbocycles. The summed E-state index contributed by atoms with van der Waals surface area (Å²) in [4.78, 5) is 11.7. The van der Waals surface area contributed by atoms with Gasteiger partial charge in [-0.05, 0) is 18.6 Å². The number of rotatable bonds is 7. The number of aliphatic hydroxyl groups is 1. The fraction of sp³-hybridized carbons (Fsp3) is 0.417. The van der Waals surface area contributed by atoms with Crippen molar-refractivity contribution < 1.29 is 42.9 Å². The largest absolute Gasteiger partial charge is 0.504 e. The molecule has 0 aliphatic rings. The SMILES string of the molecule is NC(CC(O)COC(=O)c1cc(O)c(O)c(O)c1)CS(=O)(=O)O. The molecule has 1 aromatic carbocycles. The van der Waals surface area contributed by atoms with Crippen LogP contribution < -0.4 is 5.73 Å². The number of hydrogen-bond acceptors (Lipinski definition) is 9. The lowest BCUT2D eigenvalue weighted by Crippen LogP contribution is -2.35. The molecule has 11 heteroatoms. The molecule has 0 aromatic heterocycles. The van der Waals surface area contributed by atoms with Crippen LogP contribution >= 0.6 is 0 Å². The summed E-state index contributed by atoms with van der Waals surface area (Å²) in [6.07, 6.45) is -1.53. The number of carbonyl (C=O) groups is 1. The second-order valence-corrected chi connectivity index (χ2v) is 6.36. The topological polar surface area (TPSA) is 188 Å². The predicted octanol–water partition coefficient (Wildman–Crippen LogP) is -1.07. The third-order valence-electron chi connectivity index (χ3n) is 2.71. The zero-order chi connectivity index (χ0) is 17.8. The van der Waals surface area contributed by atoms with E-state index in [4.69, 9.17) is 20.1 Å². The van der Waals surface area contributed by atoms with Crippen LogP contribution in [0.4, 0.5) is 0 Å². The van der Waals surface area contributed by atoms with Gasteiger partial charge < -0.3 is 30.9 Å². The summed E-state index contributed by atoms with van der Waals surface area (Å²) >= 11 is 0. The molecule has 130 valence electrons. The molecule has 1 rings (SSSR count). The van der Waals surface area contributed by atoms with Gasteiger partial charge >= 0.3 is 5.97 Å². The Bertz CT molecular complexity index is 650. The molecule has 0 amide bonds. The van der Waals surface area contributed by atoms with Gasteiger partial charge in [0.2, 0.25) is 0 Å². The van der Waals surface area contributed by atoms with Crippen molar-refractivity contribution in [3.63, 3.8) is 0 Å². The summed E-state index contributed by atoms with van der Waals surface area (Å²) < 4.78 is 34.5. The van der Waals surface area contributed by atoms with Gasteiger partial charge in [-0.15, -0.1) is 0 Å². The maximum atomic E-state index is 11.7. The molecule has 0 spiro atoms. The number of phenols is 3. The van der Waals surface area contributed by atoms with E-state index >= 15 is 0 Å². The third-order valence-corrected chi connectivity index (χ3v) is 3.56. The highest BCUT2D eigenvalue weighted by Gasteiger charge is 2.19. The Balaban J connectivity index is 2.56. The van der Waals surface area contributed by atoms with E-state index in [9.17, 15) is 28.5 Å². The Morgan fingerprint density at radius 3 is 2.22 bits per heavy atom. The van der Waals surface area contributed by atoms with Gasteiger partial charge in [0.15, 0.2) is 17.2 Å². The van der Waals surface area contributed by atoms with Crippen LogP contribution in [0.2, 0.25) is 0 Å². The first kappa shape index (κ1) is 19.0. The monoisotopic (exact) mass is 351 g/mol. The molecular weight excluding hydrogens is 334 g/mol. The number of aliphatic hydroxyl groups excluding tert-OH is 1. The minimum atomic E-state index is -4.28. The third kappa shape index (κ3) is 6.28. The molecule has 2 unspecified atom stereocenters. The van der Waals surface area contributed by atoms with Gasteiger partial charge in [0.25, 0.3) is 10.1 Å². The molecule has 23 heavy (non-hydrogen) atoms. The van der Waals surface area contributed by atoms with Gasteiger partial charge in [0, 0.05) is 6.04 Å². The molecule has 10 nitrogen and oxygen atoms in total. The molecule has 1 aromatic rings. The highest BCUT2D eigenvalue weighted by Crippen LogP contribution is 2.35. The predicted molar refractivity (Wildman–Crippen MR) is 76.7 cm³/mol. The molecule has 0 saturated carbocycles. The Hall–Kier alpha value is -2.08. The van der Waals surface area contributed by atoms with E-state index in [1.54, 1.807) is 0 Å². The van der Waals surface area contributed by atoms with Crippen LogP contribution in [0.3, 0.4) is 0 Å². The van der Waals surface area contributed by atoms with Crippen LogP contribution in [0.25, 0.3) is 0 Å². The number of carbonyl (C=O) groups excluding carboxylic acids is 1. The average Bonchev–Trinajstić information content (AvgIpc) is 2.39. The fourth-order valence-electron chi connectivity index (χ4n) is 1.73. The van der Waals surface area contributed by atoms with Crippen LogP contribution in [0.5, 0.6) is 17.2 Å².